The van der Waals surface area contributed by atoms with Gasteiger partial charge in [0.05, 0.1) is 0 Å². The molecule has 68 valence electrons. The number of hydrogen-bond donors (Lipinski definition) is 0. The first-order valence-corrected chi connectivity index (χ1v) is 3.78. The van der Waals surface area contributed by atoms with Gasteiger partial charge in [0, 0.05) is 0 Å². The quantitative estimate of drug-likeness (QED) is 0.524. The number of ether oxygens (including phenoxy) is 1. The zero-order valence-electron chi connectivity index (χ0n) is 7.19. The second-order valence-corrected chi connectivity index (χ2v) is 2.52. The van der Waals surface area contributed by atoms with Crippen LogP contribution in [-0.4, -0.2) is 12.9 Å². The second kappa shape index (κ2) is 4.35. The largest absolute Gasteiger partial charge is 0.486 e. The van der Waals surface area contributed by atoms with E-state index < -0.39 is 0 Å². The summed E-state index contributed by atoms with van der Waals surface area (Å²) in [5, 5.41) is 2.82. The first kappa shape index (κ1) is 9.38. The van der Waals surface area contributed by atoms with Crippen LogP contribution in [0.3, 0.4) is 0 Å². The van der Waals surface area contributed by atoms with Gasteiger partial charge in [-0.1, -0.05) is 0 Å². The molecule has 0 unspecified atom stereocenters. The van der Waals surface area contributed by atoms with Crippen LogP contribution < -0.4 is 4.74 Å². The van der Waals surface area contributed by atoms with Gasteiger partial charge in [0.25, 0.3) is 0 Å². The maximum absolute atomic E-state index is 10.2. The summed E-state index contributed by atoms with van der Waals surface area (Å²) < 4.78 is 5.02. The average Bonchev–Trinajstić information content (AvgIpc) is 2.15. The topological polar surface area (TPSA) is 55.7 Å². The molecule has 4 nitrogen and oxygen atoms in total. The molecule has 0 aliphatic rings. The van der Waals surface area contributed by atoms with E-state index in [1.54, 1.807) is 25.1 Å². The van der Waals surface area contributed by atoms with Gasteiger partial charge < -0.3 is 4.74 Å². The van der Waals surface area contributed by atoms with Gasteiger partial charge in [0.1, 0.15) is 18.0 Å². The molecule has 0 spiro atoms. The van der Waals surface area contributed by atoms with E-state index in [0.29, 0.717) is 17.7 Å². The highest BCUT2D eigenvalue weighted by Gasteiger charge is 1.99. The van der Waals surface area contributed by atoms with E-state index in [4.69, 9.17) is 4.74 Å². The van der Waals surface area contributed by atoms with Crippen molar-refractivity contribution in [1.29, 1.82) is 0 Å². The summed E-state index contributed by atoms with van der Waals surface area (Å²) in [6, 6.07) is 4.83. The van der Waals surface area contributed by atoms with E-state index in [2.05, 4.69) is 5.18 Å². The van der Waals surface area contributed by atoms with Crippen molar-refractivity contribution < 1.29 is 9.53 Å². The zero-order chi connectivity index (χ0) is 9.68. The van der Waals surface area contributed by atoms with Gasteiger partial charge in [-0.05, 0) is 35.9 Å². The van der Waals surface area contributed by atoms with Gasteiger partial charge >= 0.3 is 0 Å². The van der Waals surface area contributed by atoms with Crippen LogP contribution in [0.15, 0.2) is 23.4 Å². The lowest BCUT2D eigenvalue weighted by Gasteiger charge is -2.03. The van der Waals surface area contributed by atoms with Gasteiger partial charge in [0.15, 0.2) is 6.29 Å². The SMILES string of the molecule is Cc1cc(OCC=O)ccc1N=O. The molecule has 13 heavy (non-hydrogen) atoms. The third-order valence-electron chi connectivity index (χ3n) is 1.58. The van der Waals surface area contributed by atoms with Crippen molar-refractivity contribution >= 4 is 12.0 Å². The number of aldehydes is 1. The molecule has 0 saturated carbocycles. The van der Waals surface area contributed by atoms with Crippen LogP contribution in [0.1, 0.15) is 5.56 Å². The second-order valence-electron chi connectivity index (χ2n) is 2.52. The number of carbonyl (C=O) groups is 1. The van der Waals surface area contributed by atoms with Crippen molar-refractivity contribution in [3.63, 3.8) is 0 Å². The van der Waals surface area contributed by atoms with Gasteiger partial charge in [-0.15, -0.1) is 4.91 Å². The summed E-state index contributed by atoms with van der Waals surface area (Å²) in [4.78, 5) is 20.2. The molecule has 0 bridgehead atoms. The first-order valence-electron chi connectivity index (χ1n) is 3.78. The van der Waals surface area contributed by atoms with Crippen molar-refractivity contribution in [1.82, 2.24) is 0 Å². The minimum atomic E-state index is 0.0211. The van der Waals surface area contributed by atoms with Crippen molar-refractivity contribution in [3.8, 4) is 5.75 Å². The van der Waals surface area contributed by atoms with E-state index in [-0.39, 0.29) is 6.61 Å². The molecule has 0 fully saturated rings. The Balaban J connectivity index is 2.82. The first-order chi connectivity index (χ1) is 6.27. The van der Waals surface area contributed by atoms with E-state index in [1.165, 1.54) is 0 Å². The fourth-order valence-electron chi connectivity index (χ4n) is 0.950. The van der Waals surface area contributed by atoms with E-state index in [9.17, 15) is 9.70 Å². The monoisotopic (exact) mass is 179 g/mol. The van der Waals surface area contributed by atoms with Gasteiger partial charge in [-0.3, -0.25) is 4.79 Å². The number of carbonyl (C=O) groups excluding carboxylic acids is 1. The zero-order valence-corrected chi connectivity index (χ0v) is 7.19. The smallest absolute Gasteiger partial charge is 0.157 e. The standard InChI is InChI=1S/C9H9NO3/c1-7-6-8(13-5-4-11)2-3-9(7)10-12/h2-4,6H,5H2,1H3. The van der Waals surface area contributed by atoms with E-state index in [1.807, 2.05) is 0 Å². The summed E-state index contributed by atoms with van der Waals surface area (Å²) in [7, 11) is 0. The number of nitroso groups, excluding NO2 is 1. The molecule has 0 radical (unpaired) electrons. The van der Waals surface area contributed by atoms with Crippen LogP contribution in [0.5, 0.6) is 5.75 Å². The minimum Gasteiger partial charge on any atom is -0.486 e. The predicted octanol–water partition coefficient (Wildman–Crippen LogP) is 1.97. The molecule has 0 N–H and O–H groups in total. The van der Waals surface area contributed by atoms with Crippen LogP contribution in [0, 0.1) is 11.8 Å². The molecule has 0 aliphatic heterocycles. The molecule has 0 aliphatic carbocycles. The Morgan fingerprint density at radius 1 is 1.54 bits per heavy atom. The fraction of sp³-hybridized carbons (Fsp3) is 0.222. The Labute approximate surface area is 75.5 Å². The molecular formula is C9H9NO3. The Morgan fingerprint density at radius 3 is 2.85 bits per heavy atom. The lowest BCUT2D eigenvalue weighted by molar-refractivity contribution is -0.109. The van der Waals surface area contributed by atoms with Crippen molar-refractivity contribution in [2.24, 2.45) is 5.18 Å². The van der Waals surface area contributed by atoms with Crippen LogP contribution in [0.4, 0.5) is 5.69 Å². The maximum Gasteiger partial charge on any atom is 0.157 e. The lowest BCUT2D eigenvalue weighted by Crippen LogP contribution is -1.97. The fourth-order valence-corrected chi connectivity index (χ4v) is 0.950. The summed E-state index contributed by atoms with van der Waals surface area (Å²) in [6.07, 6.45) is 0.668. The molecule has 1 aromatic rings. The molecule has 0 atom stereocenters. The number of nitrogens with zero attached hydrogens (tertiary/aromatic N) is 1. The van der Waals surface area contributed by atoms with Gasteiger partial charge in [-0.2, -0.15) is 0 Å². The minimum absolute atomic E-state index is 0.0211. The molecule has 1 rings (SSSR count). The average molecular weight is 179 g/mol. The Bertz CT molecular complexity index is 323. The number of hydrogen-bond acceptors (Lipinski definition) is 4. The van der Waals surface area contributed by atoms with Crippen LogP contribution in [0.2, 0.25) is 0 Å². The third kappa shape index (κ3) is 2.37. The number of rotatable bonds is 4. The van der Waals surface area contributed by atoms with Gasteiger partial charge in [-0.25, -0.2) is 0 Å². The molecule has 0 saturated heterocycles. The molecular weight excluding hydrogens is 170 g/mol. The van der Waals surface area contributed by atoms with E-state index in [0.717, 1.165) is 5.56 Å². The van der Waals surface area contributed by atoms with Crippen molar-refractivity contribution in [2.45, 2.75) is 6.92 Å². The summed E-state index contributed by atoms with van der Waals surface area (Å²) in [5.41, 5.74) is 1.12. The third-order valence-corrected chi connectivity index (χ3v) is 1.58. The van der Waals surface area contributed by atoms with Crippen LogP contribution >= 0.6 is 0 Å². The highest BCUT2D eigenvalue weighted by molar-refractivity contribution is 5.53. The Kier molecular flexibility index (Phi) is 3.14. The van der Waals surface area contributed by atoms with Crippen molar-refractivity contribution in [3.05, 3.63) is 28.7 Å². The van der Waals surface area contributed by atoms with Crippen LogP contribution in [-0.2, 0) is 4.79 Å². The van der Waals surface area contributed by atoms with E-state index >= 15 is 0 Å². The molecule has 4 heteroatoms. The molecule has 0 heterocycles. The predicted molar refractivity (Wildman–Crippen MR) is 48.2 cm³/mol. The maximum atomic E-state index is 10.2. The van der Waals surface area contributed by atoms with Gasteiger partial charge in [0.2, 0.25) is 0 Å². The van der Waals surface area contributed by atoms with Crippen LogP contribution in [0.25, 0.3) is 0 Å². The normalized spacial score (nSPS) is 9.31. The lowest BCUT2D eigenvalue weighted by atomic mass is 10.2. The molecule has 0 amide bonds. The Morgan fingerprint density at radius 2 is 2.31 bits per heavy atom. The number of benzene rings is 1. The highest BCUT2D eigenvalue weighted by atomic mass is 16.5. The van der Waals surface area contributed by atoms with Crippen molar-refractivity contribution in [2.75, 3.05) is 6.61 Å². The molecule has 1 aromatic carbocycles. The highest BCUT2D eigenvalue weighted by Crippen LogP contribution is 2.23. The summed E-state index contributed by atoms with van der Waals surface area (Å²) in [5.74, 6) is 0.567. The number of aryl methyl sites for hydroxylation is 1. The molecule has 0 aromatic heterocycles. The summed E-state index contributed by atoms with van der Waals surface area (Å²) in [6.45, 7) is 1.78. The Hall–Kier alpha value is -1.71. The summed E-state index contributed by atoms with van der Waals surface area (Å²) >= 11 is 0.